The van der Waals surface area contributed by atoms with Crippen LogP contribution in [0.4, 0.5) is 5.69 Å². The highest BCUT2D eigenvalue weighted by Crippen LogP contribution is 2.09. The number of carbonyl (C=O) groups excluding carboxylic acids is 1. The Morgan fingerprint density at radius 3 is 2.36 bits per heavy atom. The van der Waals surface area contributed by atoms with Crippen molar-refractivity contribution in [3.63, 3.8) is 0 Å². The molecule has 0 heterocycles. The van der Waals surface area contributed by atoms with Crippen LogP contribution in [0.1, 0.15) is 23.2 Å². The molecule has 0 aliphatic heterocycles. The molecular weight excluding hydrogens is 221 g/mol. The van der Waals surface area contributed by atoms with Gasteiger partial charge in [0.2, 0.25) is 0 Å². The Labute approximate surface area is 94.8 Å². The van der Waals surface area contributed by atoms with Crippen molar-refractivity contribution in [2.45, 2.75) is 12.8 Å². The SMILES string of the molecule is Cl.Nc1ccc(C(=O)CCCCl)cc1. The Morgan fingerprint density at radius 2 is 1.86 bits per heavy atom. The summed E-state index contributed by atoms with van der Waals surface area (Å²) in [4.78, 5) is 11.4. The van der Waals surface area contributed by atoms with Crippen molar-refractivity contribution in [2.75, 3.05) is 11.6 Å². The first-order valence-electron chi connectivity index (χ1n) is 4.18. The number of ketones is 1. The summed E-state index contributed by atoms with van der Waals surface area (Å²) in [6.07, 6.45) is 1.23. The van der Waals surface area contributed by atoms with Gasteiger partial charge in [-0.1, -0.05) is 0 Å². The zero-order valence-corrected chi connectivity index (χ0v) is 9.27. The summed E-state index contributed by atoms with van der Waals surface area (Å²) in [5.74, 6) is 0.654. The van der Waals surface area contributed by atoms with Gasteiger partial charge in [0.15, 0.2) is 5.78 Å². The molecule has 1 aromatic carbocycles. The predicted molar refractivity (Wildman–Crippen MR) is 62.4 cm³/mol. The average molecular weight is 234 g/mol. The first-order chi connectivity index (χ1) is 6.24. The summed E-state index contributed by atoms with van der Waals surface area (Å²) in [5, 5.41) is 0. The number of benzene rings is 1. The maximum atomic E-state index is 11.4. The number of halogens is 2. The lowest BCUT2D eigenvalue weighted by molar-refractivity contribution is 0.0982. The van der Waals surface area contributed by atoms with E-state index in [0.29, 0.717) is 23.6 Å². The molecule has 0 spiro atoms. The molecular formula is C10H13Cl2NO. The standard InChI is InChI=1S/C10H12ClNO.ClH/c11-7-1-2-10(13)8-3-5-9(12)6-4-8;/h3-6H,1-2,7,12H2;1H. The zero-order chi connectivity index (χ0) is 9.68. The molecule has 14 heavy (non-hydrogen) atoms. The van der Waals surface area contributed by atoms with Crippen LogP contribution in [0, 0.1) is 0 Å². The minimum Gasteiger partial charge on any atom is -0.399 e. The molecule has 0 aromatic heterocycles. The normalized spacial score (nSPS) is 9.21. The van der Waals surface area contributed by atoms with E-state index in [9.17, 15) is 4.79 Å². The van der Waals surface area contributed by atoms with Crippen LogP contribution < -0.4 is 5.73 Å². The highest BCUT2D eigenvalue weighted by molar-refractivity contribution is 6.18. The third-order valence-electron chi connectivity index (χ3n) is 1.77. The third kappa shape index (κ3) is 3.99. The van der Waals surface area contributed by atoms with Gasteiger partial charge in [0.25, 0.3) is 0 Å². The second-order valence-electron chi connectivity index (χ2n) is 2.84. The molecule has 0 aliphatic rings. The average Bonchev–Trinajstić information content (AvgIpc) is 2.15. The molecule has 0 fully saturated rings. The van der Waals surface area contributed by atoms with E-state index in [1.54, 1.807) is 24.3 Å². The van der Waals surface area contributed by atoms with Crippen molar-refractivity contribution >= 4 is 35.5 Å². The van der Waals surface area contributed by atoms with Crippen molar-refractivity contribution in [3.05, 3.63) is 29.8 Å². The lowest BCUT2D eigenvalue weighted by Crippen LogP contribution is -1.99. The minimum atomic E-state index is 0. The summed E-state index contributed by atoms with van der Waals surface area (Å²) < 4.78 is 0. The fourth-order valence-corrected chi connectivity index (χ4v) is 1.17. The zero-order valence-electron chi connectivity index (χ0n) is 7.70. The fraction of sp³-hybridized carbons (Fsp3) is 0.300. The molecule has 0 aliphatic carbocycles. The summed E-state index contributed by atoms with van der Waals surface area (Å²) >= 11 is 5.49. The van der Waals surface area contributed by atoms with Crippen LogP contribution in [0.2, 0.25) is 0 Å². The second-order valence-corrected chi connectivity index (χ2v) is 3.22. The number of rotatable bonds is 4. The van der Waals surface area contributed by atoms with Gasteiger partial charge in [-0.25, -0.2) is 0 Å². The highest BCUT2D eigenvalue weighted by atomic mass is 35.5. The summed E-state index contributed by atoms with van der Waals surface area (Å²) in [7, 11) is 0. The molecule has 1 rings (SSSR count). The minimum absolute atomic E-state index is 0. The maximum absolute atomic E-state index is 11.4. The Kier molecular flexibility index (Phi) is 6.34. The van der Waals surface area contributed by atoms with E-state index < -0.39 is 0 Å². The number of nitrogens with two attached hydrogens (primary N) is 1. The summed E-state index contributed by atoms with van der Waals surface area (Å²) in [6.45, 7) is 0. The Bertz CT molecular complexity index is 285. The van der Waals surface area contributed by atoms with E-state index in [2.05, 4.69) is 0 Å². The van der Waals surface area contributed by atoms with Crippen LogP contribution in [-0.2, 0) is 0 Å². The quantitative estimate of drug-likeness (QED) is 0.494. The number of anilines is 1. The van der Waals surface area contributed by atoms with E-state index in [0.717, 1.165) is 6.42 Å². The van der Waals surface area contributed by atoms with Crippen LogP contribution in [0.25, 0.3) is 0 Å². The van der Waals surface area contributed by atoms with Crippen LogP contribution >= 0.6 is 24.0 Å². The third-order valence-corrected chi connectivity index (χ3v) is 2.04. The van der Waals surface area contributed by atoms with Crippen molar-refractivity contribution in [3.8, 4) is 0 Å². The molecule has 0 amide bonds. The lowest BCUT2D eigenvalue weighted by Gasteiger charge is -1.99. The monoisotopic (exact) mass is 233 g/mol. The van der Waals surface area contributed by atoms with E-state index in [4.69, 9.17) is 17.3 Å². The molecule has 0 saturated heterocycles. The molecule has 0 bridgehead atoms. The van der Waals surface area contributed by atoms with Gasteiger partial charge in [0.1, 0.15) is 0 Å². The predicted octanol–water partition coefficient (Wildman–Crippen LogP) is 2.89. The number of hydrogen-bond donors (Lipinski definition) is 1. The van der Waals surface area contributed by atoms with Crippen molar-refractivity contribution in [1.29, 1.82) is 0 Å². The van der Waals surface area contributed by atoms with E-state index in [1.165, 1.54) is 0 Å². The van der Waals surface area contributed by atoms with Crippen LogP contribution in [0.3, 0.4) is 0 Å². The largest absolute Gasteiger partial charge is 0.399 e. The van der Waals surface area contributed by atoms with Crippen molar-refractivity contribution in [1.82, 2.24) is 0 Å². The Morgan fingerprint density at radius 1 is 1.29 bits per heavy atom. The van der Waals surface area contributed by atoms with Gasteiger partial charge >= 0.3 is 0 Å². The van der Waals surface area contributed by atoms with Crippen LogP contribution in [0.5, 0.6) is 0 Å². The molecule has 2 nitrogen and oxygen atoms in total. The summed E-state index contributed by atoms with van der Waals surface area (Å²) in [5.41, 5.74) is 6.88. The van der Waals surface area contributed by atoms with Gasteiger partial charge < -0.3 is 5.73 Å². The van der Waals surface area contributed by atoms with Gasteiger partial charge in [0.05, 0.1) is 0 Å². The number of alkyl halides is 1. The molecule has 78 valence electrons. The van der Waals surface area contributed by atoms with Gasteiger partial charge in [-0.15, -0.1) is 24.0 Å². The Balaban J connectivity index is 0.00000169. The maximum Gasteiger partial charge on any atom is 0.162 e. The molecule has 1 aromatic rings. The van der Waals surface area contributed by atoms with Gasteiger partial charge in [-0.05, 0) is 30.7 Å². The Hall–Kier alpha value is -0.730. The van der Waals surface area contributed by atoms with Gasteiger partial charge in [0, 0.05) is 23.6 Å². The van der Waals surface area contributed by atoms with Crippen molar-refractivity contribution in [2.24, 2.45) is 0 Å². The van der Waals surface area contributed by atoms with Crippen LogP contribution in [-0.4, -0.2) is 11.7 Å². The number of carbonyl (C=O) groups is 1. The van der Waals surface area contributed by atoms with E-state index in [-0.39, 0.29) is 18.2 Å². The molecule has 0 radical (unpaired) electrons. The number of nitrogen functional groups attached to an aromatic ring is 1. The number of Topliss-reactive ketones (excluding diaryl/α,β-unsaturated/α-hetero) is 1. The van der Waals surface area contributed by atoms with Crippen LogP contribution in [0.15, 0.2) is 24.3 Å². The first-order valence-corrected chi connectivity index (χ1v) is 4.72. The van der Waals surface area contributed by atoms with Crippen molar-refractivity contribution < 1.29 is 4.79 Å². The van der Waals surface area contributed by atoms with E-state index in [1.807, 2.05) is 0 Å². The van der Waals surface area contributed by atoms with Gasteiger partial charge in [-0.3, -0.25) is 4.79 Å². The first kappa shape index (κ1) is 13.3. The highest BCUT2D eigenvalue weighted by Gasteiger charge is 2.03. The molecule has 2 N–H and O–H groups in total. The molecule has 0 atom stereocenters. The second kappa shape index (κ2) is 6.68. The smallest absolute Gasteiger partial charge is 0.162 e. The summed E-state index contributed by atoms with van der Waals surface area (Å²) in [6, 6.07) is 6.94. The van der Waals surface area contributed by atoms with Gasteiger partial charge in [-0.2, -0.15) is 0 Å². The molecule has 0 unspecified atom stereocenters. The number of hydrogen-bond acceptors (Lipinski definition) is 2. The molecule has 4 heteroatoms. The molecule has 0 saturated carbocycles. The lowest BCUT2D eigenvalue weighted by atomic mass is 10.1. The topological polar surface area (TPSA) is 43.1 Å². The fourth-order valence-electron chi connectivity index (χ4n) is 1.04. The van der Waals surface area contributed by atoms with E-state index >= 15 is 0 Å².